The van der Waals surface area contributed by atoms with Gasteiger partial charge in [-0.2, -0.15) is 4.98 Å². The summed E-state index contributed by atoms with van der Waals surface area (Å²) in [5, 5.41) is 13.9. The zero-order chi connectivity index (χ0) is 22.1. The second kappa shape index (κ2) is 8.70. The molecular formula is C20H20Cl2N6O3. The van der Waals surface area contributed by atoms with Crippen molar-refractivity contribution in [2.45, 2.75) is 32.0 Å². The number of imidazole rings is 1. The van der Waals surface area contributed by atoms with Gasteiger partial charge >= 0.3 is 6.09 Å². The predicted molar refractivity (Wildman–Crippen MR) is 117 cm³/mol. The van der Waals surface area contributed by atoms with Crippen LogP contribution in [0.5, 0.6) is 0 Å². The van der Waals surface area contributed by atoms with Gasteiger partial charge in [-0.3, -0.25) is 4.90 Å². The number of cyclic esters (lactones) is 1. The van der Waals surface area contributed by atoms with E-state index in [0.717, 1.165) is 11.4 Å². The molecule has 11 heteroatoms. The maximum atomic E-state index is 12.2. The molecule has 1 fully saturated rings. The molecule has 1 aliphatic heterocycles. The third kappa shape index (κ3) is 4.58. The number of benzene rings is 1. The molecule has 3 aromatic rings. The number of aromatic nitrogens is 4. The molecular weight excluding hydrogens is 443 g/mol. The molecule has 1 aromatic carbocycles. The summed E-state index contributed by atoms with van der Waals surface area (Å²) < 4.78 is 6.93. The first-order valence-corrected chi connectivity index (χ1v) is 10.3. The normalized spacial score (nSPS) is 18.0. The highest BCUT2D eigenvalue weighted by Gasteiger charge is 2.38. The summed E-state index contributed by atoms with van der Waals surface area (Å²) in [6.45, 7) is 3.56. The number of carbonyl (C=O) groups is 1. The van der Waals surface area contributed by atoms with Gasteiger partial charge in [0.1, 0.15) is 23.6 Å². The van der Waals surface area contributed by atoms with Crippen LogP contribution in [0, 0.1) is 0 Å². The third-order valence-electron chi connectivity index (χ3n) is 4.91. The lowest BCUT2D eigenvalue weighted by Gasteiger charge is -2.23. The molecule has 1 amide bonds. The van der Waals surface area contributed by atoms with E-state index in [4.69, 9.17) is 27.9 Å². The van der Waals surface area contributed by atoms with Gasteiger partial charge in [-0.05, 0) is 38.1 Å². The highest BCUT2D eigenvalue weighted by Crippen LogP contribution is 2.27. The van der Waals surface area contributed by atoms with Gasteiger partial charge in [0.2, 0.25) is 5.95 Å². The first-order valence-electron chi connectivity index (χ1n) is 9.57. The van der Waals surface area contributed by atoms with E-state index in [1.165, 1.54) is 11.0 Å². The average Bonchev–Trinajstić information content (AvgIpc) is 3.35. The molecule has 0 saturated carbocycles. The van der Waals surface area contributed by atoms with Crippen molar-refractivity contribution in [3.8, 4) is 5.69 Å². The Morgan fingerprint density at radius 3 is 2.68 bits per heavy atom. The number of aliphatic hydroxyl groups excluding tert-OH is 1. The molecule has 3 atom stereocenters. The topological polar surface area (TPSA) is 105 Å². The molecule has 0 aliphatic carbocycles. The van der Waals surface area contributed by atoms with E-state index in [0.29, 0.717) is 5.02 Å². The predicted octanol–water partition coefficient (Wildman–Crippen LogP) is 3.85. The SMILES string of the molecule is C[C@H](Nc1nc(Cl)cc(N2C(=O)OC[C@@H]2[C@@H](C)O)n1)c1cn(-c2ccc(Cl)cc2)cn1. The van der Waals surface area contributed by atoms with Gasteiger partial charge in [-0.1, -0.05) is 23.2 Å². The molecule has 2 aromatic heterocycles. The lowest BCUT2D eigenvalue weighted by molar-refractivity contribution is 0.142. The van der Waals surface area contributed by atoms with Crippen LogP contribution >= 0.6 is 23.2 Å². The highest BCUT2D eigenvalue weighted by atomic mass is 35.5. The van der Waals surface area contributed by atoms with E-state index < -0.39 is 18.2 Å². The van der Waals surface area contributed by atoms with Crippen LogP contribution in [-0.4, -0.2) is 49.5 Å². The number of hydrogen-bond acceptors (Lipinski definition) is 7. The Morgan fingerprint density at radius 1 is 1.23 bits per heavy atom. The largest absolute Gasteiger partial charge is 0.447 e. The number of amides is 1. The maximum Gasteiger partial charge on any atom is 0.416 e. The first-order chi connectivity index (χ1) is 14.8. The Morgan fingerprint density at radius 2 is 1.97 bits per heavy atom. The molecule has 2 N–H and O–H groups in total. The summed E-state index contributed by atoms with van der Waals surface area (Å²) in [5.74, 6) is 0.467. The summed E-state index contributed by atoms with van der Waals surface area (Å²) in [5.41, 5.74) is 1.68. The van der Waals surface area contributed by atoms with E-state index in [-0.39, 0.29) is 29.6 Å². The van der Waals surface area contributed by atoms with Crippen molar-refractivity contribution in [1.29, 1.82) is 0 Å². The van der Waals surface area contributed by atoms with Crippen LogP contribution in [0.2, 0.25) is 10.2 Å². The van der Waals surface area contributed by atoms with E-state index >= 15 is 0 Å². The molecule has 1 saturated heterocycles. The minimum absolute atomic E-state index is 0.0689. The fourth-order valence-electron chi connectivity index (χ4n) is 3.23. The van der Waals surface area contributed by atoms with Gasteiger partial charge in [0.25, 0.3) is 0 Å². The Bertz CT molecular complexity index is 1090. The summed E-state index contributed by atoms with van der Waals surface area (Å²) in [4.78, 5) is 26.5. The van der Waals surface area contributed by atoms with E-state index in [1.54, 1.807) is 13.3 Å². The van der Waals surface area contributed by atoms with E-state index in [1.807, 2.05) is 42.0 Å². The monoisotopic (exact) mass is 462 g/mol. The Kier molecular flexibility index (Phi) is 5.99. The second-order valence-electron chi connectivity index (χ2n) is 7.18. The molecule has 3 heterocycles. The molecule has 31 heavy (non-hydrogen) atoms. The molecule has 9 nitrogen and oxygen atoms in total. The smallest absolute Gasteiger partial charge is 0.416 e. The maximum absolute atomic E-state index is 12.2. The van der Waals surface area contributed by atoms with Crippen LogP contribution in [0.3, 0.4) is 0 Å². The van der Waals surface area contributed by atoms with Gasteiger partial charge in [0.15, 0.2) is 0 Å². The first kappa shape index (κ1) is 21.4. The second-order valence-corrected chi connectivity index (χ2v) is 8.00. The molecule has 1 aliphatic rings. The summed E-state index contributed by atoms with van der Waals surface area (Å²) in [6.07, 6.45) is 2.19. The van der Waals surface area contributed by atoms with Gasteiger partial charge in [0, 0.05) is 23.0 Å². The fourth-order valence-corrected chi connectivity index (χ4v) is 3.54. The minimum Gasteiger partial charge on any atom is -0.447 e. The number of halogens is 2. The van der Waals surface area contributed by atoms with Gasteiger partial charge in [0.05, 0.1) is 24.2 Å². The third-order valence-corrected chi connectivity index (χ3v) is 5.35. The number of rotatable bonds is 6. The fraction of sp³-hybridized carbons (Fsp3) is 0.300. The number of aliphatic hydroxyl groups is 1. The highest BCUT2D eigenvalue weighted by molar-refractivity contribution is 6.30. The van der Waals surface area contributed by atoms with Gasteiger partial charge in [-0.15, -0.1) is 0 Å². The van der Waals surface area contributed by atoms with Crippen LogP contribution in [0.25, 0.3) is 5.69 Å². The summed E-state index contributed by atoms with van der Waals surface area (Å²) in [7, 11) is 0. The number of hydrogen-bond donors (Lipinski definition) is 2. The quantitative estimate of drug-likeness (QED) is 0.535. The minimum atomic E-state index is -0.799. The Hall–Kier alpha value is -2.88. The van der Waals surface area contributed by atoms with Crippen LogP contribution < -0.4 is 10.2 Å². The van der Waals surface area contributed by atoms with Gasteiger partial charge in [-0.25, -0.2) is 14.8 Å². The summed E-state index contributed by atoms with van der Waals surface area (Å²) in [6, 6.07) is 8.05. The van der Waals surface area contributed by atoms with Crippen molar-refractivity contribution in [2.24, 2.45) is 0 Å². The average molecular weight is 463 g/mol. The molecule has 0 spiro atoms. The van der Waals surface area contributed by atoms with Crippen molar-refractivity contribution in [3.05, 3.63) is 58.7 Å². The number of nitrogens with one attached hydrogen (secondary N) is 1. The van der Waals surface area contributed by atoms with Crippen LogP contribution in [-0.2, 0) is 4.74 Å². The van der Waals surface area contributed by atoms with Crippen molar-refractivity contribution in [1.82, 2.24) is 19.5 Å². The Labute approximate surface area is 188 Å². The van der Waals surface area contributed by atoms with E-state index in [2.05, 4.69) is 20.3 Å². The van der Waals surface area contributed by atoms with E-state index in [9.17, 15) is 9.90 Å². The van der Waals surface area contributed by atoms with Crippen molar-refractivity contribution >= 4 is 41.1 Å². The van der Waals surface area contributed by atoms with Crippen LogP contribution in [0.4, 0.5) is 16.6 Å². The standard InChI is InChI=1S/C20H20Cl2N6O3/c1-11(15-8-27(10-23-15)14-5-3-13(21)4-6-14)24-19-25-17(22)7-18(26-19)28-16(12(2)29)9-31-20(28)30/h3-8,10-12,16,29H,9H2,1-2H3,(H,24,25,26)/t11-,12+,16+/m0/s1. The van der Waals surface area contributed by atoms with Crippen molar-refractivity contribution < 1.29 is 14.6 Å². The number of ether oxygens (including phenoxy) is 1. The molecule has 4 rings (SSSR count). The summed E-state index contributed by atoms with van der Waals surface area (Å²) >= 11 is 12.1. The zero-order valence-electron chi connectivity index (χ0n) is 16.7. The molecule has 0 bridgehead atoms. The molecule has 0 unspecified atom stereocenters. The molecule has 162 valence electrons. The molecule has 0 radical (unpaired) electrons. The lowest BCUT2D eigenvalue weighted by atomic mass is 10.2. The van der Waals surface area contributed by atoms with Crippen molar-refractivity contribution in [2.75, 3.05) is 16.8 Å². The number of anilines is 2. The van der Waals surface area contributed by atoms with Crippen molar-refractivity contribution in [3.63, 3.8) is 0 Å². The Balaban J connectivity index is 1.54. The zero-order valence-corrected chi connectivity index (χ0v) is 18.2. The van der Waals surface area contributed by atoms with Crippen LogP contribution in [0.1, 0.15) is 25.6 Å². The number of nitrogens with zero attached hydrogens (tertiary/aromatic N) is 5. The van der Waals surface area contributed by atoms with Crippen LogP contribution in [0.15, 0.2) is 42.9 Å². The van der Waals surface area contributed by atoms with Gasteiger partial charge < -0.3 is 19.7 Å². The number of carbonyl (C=O) groups excluding carboxylic acids is 1. The lowest BCUT2D eigenvalue weighted by Crippen LogP contribution is -2.41.